The number of carbonyl (C=O) groups is 11. The van der Waals surface area contributed by atoms with Crippen LogP contribution in [0.3, 0.4) is 0 Å². The van der Waals surface area contributed by atoms with Crippen LogP contribution >= 0.6 is 23.2 Å². The van der Waals surface area contributed by atoms with E-state index in [9.17, 15) is 53.1 Å². The van der Waals surface area contributed by atoms with Crippen molar-refractivity contribution in [3.05, 3.63) is 106 Å². The minimum Gasteiger partial charge on any atom is -0.394 e. The summed E-state index contributed by atoms with van der Waals surface area (Å²) < 4.78 is 0. The Kier molecular flexibility index (Phi) is 26.1. The van der Waals surface area contributed by atoms with Crippen LogP contribution in [0.5, 0.6) is 0 Å². The van der Waals surface area contributed by atoms with Crippen molar-refractivity contribution in [3.63, 3.8) is 0 Å². The van der Waals surface area contributed by atoms with Gasteiger partial charge in [0.25, 0.3) is 0 Å². The van der Waals surface area contributed by atoms with Crippen molar-refractivity contribution in [2.24, 2.45) is 22.4 Å². The lowest BCUT2D eigenvalue weighted by Gasteiger charge is -2.32. The summed E-state index contributed by atoms with van der Waals surface area (Å²) in [5.74, 6) is -9.45. The highest BCUT2D eigenvalue weighted by Crippen LogP contribution is 2.24. The summed E-state index contributed by atoms with van der Waals surface area (Å²) >= 11 is 12.5. The predicted molar refractivity (Wildman–Crippen MR) is 343 cm³/mol. The van der Waals surface area contributed by atoms with Gasteiger partial charge < -0.3 is 79.2 Å². The molecule has 0 saturated carbocycles. The third-order valence-corrected chi connectivity index (χ3v) is 16.7. The number of aliphatic imine (C=N–C) groups is 1. The number of likely N-dealkylation sites (N-methyl/N-ethyl adjacent to an activating group) is 1. The first kappa shape index (κ1) is 70.6. The van der Waals surface area contributed by atoms with Gasteiger partial charge in [0.15, 0.2) is 5.96 Å². The fraction of sp³-hybridized carbons (Fsp3) is 0.492. The standard InChI is InChI=1S/C63H83Cl2N15O12/c1-35(2)28-46-56(86)74-45-12-6-7-25-68-52(82)24-23-44(55(85)72-43(54(84)75-46)13-8-26-69-63(66)67)73-60(90)50(34-81)78-59(89)49(31-38-32-70-42-11-5-4-10-41(38)42)77-58(88)48(30-37-17-21-40(65)22-18-37)76-57(87)47(29-36-15-19-39(64)20-16-36)71-53(83)33-79(3)62(92)51-14-9-27-80(51)61(45)91/h4-5,10-11,15-22,32,35,43-51,70,81H,6-9,12-14,23-31,33-34H2,1-3H3,(H,68,82)(H,71,83)(H,72,85)(H,73,90)(H,74,86)(H,75,84)(H,76,87)(H,77,88)(H,78,89)(H4,66,67,69)/t43-,44-,45+,46-,47+,48-,49+,50+,51-/m0/s1. The van der Waals surface area contributed by atoms with Crippen LogP contribution in [0.15, 0.2) is 84.0 Å². The molecule has 9 atom stereocenters. The van der Waals surface area contributed by atoms with Crippen molar-refractivity contribution in [2.75, 3.05) is 39.8 Å². The van der Waals surface area contributed by atoms with E-state index in [0.29, 0.717) is 50.5 Å². The Balaban J connectivity index is 1.32. The maximum absolute atomic E-state index is 15.1. The SMILES string of the molecule is CC(C)C[C@@H]1NC(=O)[C@H](CCCN=C(N)N)NC(=O)[C@@H]2CCC(=O)NCCCC[C@@H](NC1=O)C(=O)N1CCC[C@H]1C(=O)N(C)CC(=O)N[C@H](Cc1ccc(Cl)cc1)C(=O)N[C@@H](Cc1ccc(Cl)cc1)C(=O)N[C@H](Cc1c[nH]c3ccccc13)C(=O)N[C@H](CO)C(=O)N2. The number of nitrogens with two attached hydrogens (primary N) is 2. The van der Waals surface area contributed by atoms with Crippen LogP contribution in [0.25, 0.3) is 10.9 Å². The molecule has 0 unspecified atom stereocenters. The number of H-pyrrole nitrogens is 1. The second-order valence-electron chi connectivity index (χ2n) is 23.8. The fourth-order valence-electron chi connectivity index (χ4n) is 11.3. The summed E-state index contributed by atoms with van der Waals surface area (Å²) in [6.07, 6.45) is 1.52. The van der Waals surface area contributed by atoms with E-state index in [0.717, 1.165) is 4.90 Å². The Morgan fingerprint density at radius 1 is 0.598 bits per heavy atom. The first-order chi connectivity index (χ1) is 44.0. The van der Waals surface area contributed by atoms with Gasteiger partial charge in [-0.3, -0.25) is 57.7 Å². The van der Waals surface area contributed by atoms with Gasteiger partial charge >= 0.3 is 0 Å². The highest BCUT2D eigenvalue weighted by molar-refractivity contribution is 6.30. The zero-order chi connectivity index (χ0) is 66.6. The normalized spacial score (nSPS) is 24.5. The summed E-state index contributed by atoms with van der Waals surface area (Å²) in [6, 6.07) is 7.03. The summed E-state index contributed by atoms with van der Waals surface area (Å²) in [6.45, 7) is 2.16. The van der Waals surface area contributed by atoms with Gasteiger partial charge in [-0.15, -0.1) is 0 Å². The van der Waals surface area contributed by atoms with Gasteiger partial charge in [-0.1, -0.05) is 79.5 Å². The van der Waals surface area contributed by atoms with E-state index in [1.54, 1.807) is 79.0 Å². The van der Waals surface area contributed by atoms with Crippen LogP contribution in [-0.2, 0) is 72.0 Å². The monoisotopic (exact) mass is 1310 g/mol. The first-order valence-electron chi connectivity index (χ1n) is 30.9. The van der Waals surface area contributed by atoms with E-state index >= 15 is 4.79 Å². The Morgan fingerprint density at radius 3 is 1.78 bits per heavy atom. The second kappa shape index (κ2) is 34.0. The van der Waals surface area contributed by atoms with Gasteiger partial charge in [0.05, 0.1) is 13.2 Å². The smallest absolute Gasteiger partial charge is 0.245 e. The molecule has 496 valence electrons. The molecule has 29 heteroatoms. The number of halogens is 2. The van der Waals surface area contributed by atoms with Crippen molar-refractivity contribution < 1.29 is 57.8 Å². The van der Waals surface area contributed by atoms with Gasteiger partial charge in [0.1, 0.15) is 54.4 Å². The lowest BCUT2D eigenvalue weighted by molar-refractivity contribution is -0.146. The molecule has 2 bridgehead atoms. The molecule has 4 aliphatic rings. The molecule has 27 nitrogen and oxygen atoms in total. The van der Waals surface area contributed by atoms with Crippen LogP contribution in [-0.4, -0.2) is 185 Å². The molecule has 15 N–H and O–H groups in total. The Bertz CT molecular complexity index is 3330. The Morgan fingerprint density at radius 2 is 1.15 bits per heavy atom. The lowest BCUT2D eigenvalue weighted by atomic mass is 10.00. The van der Waals surface area contributed by atoms with Crippen LogP contribution < -0.4 is 59.3 Å². The van der Waals surface area contributed by atoms with E-state index < -0.39 is 133 Å². The average molecular weight is 1310 g/mol. The molecular formula is C63H83Cl2N15O12. The molecular weight excluding hydrogens is 1230 g/mol. The van der Waals surface area contributed by atoms with Crippen LogP contribution in [0.4, 0.5) is 0 Å². The molecule has 3 aromatic carbocycles. The number of carbonyl (C=O) groups excluding carboxylic acids is 11. The molecule has 11 amide bonds. The number of guanidine groups is 1. The number of benzene rings is 3. The molecule has 0 aliphatic carbocycles. The largest absolute Gasteiger partial charge is 0.394 e. The maximum atomic E-state index is 15.1. The molecule has 4 saturated heterocycles. The molecule has 5 heterocycles. The number of aliphatic hydroxyl groups excluding tert-OH is 1. The number of fused-ring (bicyclic) bond motifs is 31. The van der Waals surface area contributed by atoms with E-state index in [1.165, 1.54) is 11.9 Å². The van der Waals surface area contributed by atoms with Gasteiger partial charge in [0.2, 0.25) is 65.0 Å². The topological polar surface area (TPSA) is 403 Å². The lowest BCUT2D eigenvalue weighted by Crippen LogP contribution is -2.61. The quantitative estimate of drug-likeness (QED) is 0.0363. The molecule has 0 spiro atoms. The van der Waals surface area contributed by atoms with Gasteiger partial charge in [-0.05, 0) is 111 Å². The number of rotatable bonds is 13. The van der Waals surface area contributed by atoms with Gasteiger partial charge in [0, 0.05) is 79.5 Å². The molecule has 92 heavy (non-hydrogen) atoms. The minimum absolute atomic E-state index is 0.00781. The molecule has 4 fully saturated rings. The molecule has 1 aromatic heterocycles. The van der Waals surface area contributed by atoms with Crippen molar-refractivity contribution in [1.82, 2.24) is 62.6 Å². The van der Waals surface area contributed by atoms with Crippen LogP contribution in [0.1, 0.15) is 94.7 Å². The van der Waals surface area contributed by atoms with Crippen molar-refractivity contribution in [2.45, 2.75) is 152 Å². The molecule has 4 aliphatic heterocycles. The highest BCUT2D eigenvalue weighted by Gasteiger charge is 2.41. The summed E-state index contributed by atoms with van der Waals surface area (Å²) in [7, 11) is 1.37. The molecule has 0 radical (unpaired) electrons. The number of hydrogen-bond acceptors (Lipinski definition) is 13. The second-order valence-corrected chi connectivity index (χ2v) is 24.7. The number of para-hydroxylation sites is 1. The number of nitrogens with one attached hydrogen (secondary N) is 10. The number of hydrogen-bond donors (Lipinski definition) is 13. The number of nitrogens with zero attached hydrogens (tertiary/aromatic N) is 3. The van der Waals surface area contributed by atoms with Crippen molar-refractivity contribution >= 4 is 105 Å². The average Bonchev–Trinajstić information content (AvgIpc) is 1.64. The molecule has 8 rings (SSSR count). The summed E-state index contributed by atoms with van der Waals surface area (Å²) in [5.41, 5.74) is 13.4. The van der Waals surface area contributed by atoms with Crippen LogP contribution in [0, 0.1) is 5.92 Å². The van der Waals surface area contributed by atoms with Crippen molar-refractivity contribution in [1.29, 1.82) is 0 Å². The van der Waals surface area contributed by atoms with E-state index in [1.807, 2.05) is 13.8 Å². The summed E-state index contributed by atoms with van der Waals surface area (Å²) in [4.78, 5) is 170. The van der Waals surface area contributed by atoms with E-state index in [4.69, 9.17) is 34.7 Å². The Hall–Kier alpha value is -8.82. The third kappa shape index (κ3) is 20.6. The fourth-order valence-corrected chi connectivity index (χ4v) is 11.6. The van der Waals surface area contributed by atoms with E-state index in [-0.39, 0.29) is 102 Å². The van der Waals surface area contributed by atoms with Crippen LogP contribution in [0.2, 0.25) is 10.0 Å². The zero-order valence-corrected chi connectivity index (χ0v) is 53.2. The number of aromatic nitrogens is 1. The minimum atomic E-state index is -1.82. The zero-order valence-electron chi connectivity index (χ0n) is 51.7. The molecule has 4 aromatic rings. The Labute approximate surface area is 542 Å². The van der Waals surface area contributed by atoms with Crippen molar-refractivity contribution in [3.8, 4) is 0 Å². The first-order valence-corrected chi connectivity index (χ1v) is 31.7. The highest BCUT2D eigenvalue weighted by atomic mass is 35.5. The number of aliphatic hydroxyl groups is 1. The van der Waals surface area contributed by atoms with Gasteiger partial charge in [-0.2, -0.15) is 0 Å². The third-order valence-electron chi connectivity index (χ3n) is 16.2. The predicted octanol–water partition coefficient (Wildman–Crippen LogP) is 0.0163. The number of aromatic amines is 1. The van der Waals surface area contributed by atoms with E-state index in [2.05, 4.69) is 57.8 Å². The summed E-state index contributed by atoms with van der Waals surface area (Å²) in [5, 5.41) is 36.7. The number of amides is 11. The van der Waals surface area contributed by atoms with Gasteiger partial charge in [-0.25, -0.2) is 0 Å². The maximum Gasteiger partial charge on any atom is 0.245 e.